The number of carbonyl (C=O) groups excluding carboxylic acids is 1. The summed E-state index contributed by atoms with van der Waals surface area (Å²) in [4.78, 5) is 16.1. The largest absolute Gasteiger partial charge is 0.373 e. The third-order valence-corrected chi connectivity index (χ3v) is 3.59. The first kappa shape index (κ1) is 15.1. The van der Waals surface area contributed by atoms with Crippen molar-refractivity contribution in [2.24, 2.45) is 5.92 Å². The summed E-state index contributed by atoms with van der Waals surface area (Å²) in [5.41, 5.74) is 0.264. The molecule has 1 aromatic rings. The summed E-state index contributed by atoms with van der Waals surface area (Å²) in [6.07, 6.45) is 2.05. The minimum absolute atomic E-state index is 0.231. The van der Waals surface area contributed by atoms with Crippen molar-refractivity contribution < 1.29 is 4.79 Å². The number of carbonyl (C=O) groups is 1. The summed E-state index contributed by atoms with van der Waals surface area (Å²) in [5.74, 6) is 1.83. The lowest BCUT2D eigenvalue weighted by molar-refractivity contribution is 0.0944. The fraction of sp³-hybridized carbons (Fsp3) is 0.500. The molecular formula is C12H18ClN3OS. The highest BCUT2D eigenvalue weighted by molar-refractivity contribution is 7.98. The lowest BCUT2D eigenvalue weighted by Crippen LogP contribution is -2.30. The Morgan fingerprint density at radius 3 is 2.89 bits per heavy atom. The number of pyridine rings is 1. The Kier molecular flexibility index (Phi) is 6.29. The van der Waals surface area contributed by atoms with Crippen LogP contribution in [0.15, 0.2) is 12.1 Å². The van der Waals surface area contributed by atoms with Crippen LogP contribution in [0.4, 0.5) is 5.82 Å². The van der Waals surface area contributed by atoms with E-state index in [0.717, 1.165) is 5.75 Å². The van der Waals surface area contributed by atoms with Crippen molar-refractivity contribution in [3.63, 3.8) is 0 Å². The molecular weight excluding hydrogens is 270 g/mol. The third kappa shape index (κ3) is 4.38. The summed E-state index contributed by atoms with van der Waals surface area (Å²) in [5, 5.41) is 6.10. The SMILES string of the molecule is CNc1ccc(Cl)c(C(=O)NCC(C)CSC)n1. The summed E-state index contributed by atoms with van der Waals surface area (Å²) in [7, 11) is 1.75. The lowest BCUT2D eigenvalue weighted by Gasteiger charge is -2.12. The van der Waals surface area contributed by atoms with Gasteiger partial charge in [-0.1, -0.05) is 18.5 Å². The molecule has 1 heterocycles. The molecule has 1 aromatic heterocycles. The van der Waals surface area contributed by atoms with Crippen molar-refractivity contribution in [3.05, 3.63) is 22.8 Å². The van der Waals surface area contributed by atoms with Crippen molar-refractivity contribution in [1.29, 1.82) is 0 Å². The van der Waals surface area contributed by atoms with Crippen molar-refractivity contribution in [1.82, 2.24) is 10.3 Å². The van der Waals surface area contributed by atoms with E-state index < -0.39 is 0 Å². The van der Waals surface area contributed by atoms with Crippen LogP contribution in [0.3, 0.4) is 0 Å². The van der Waals surface area contributed by atoms with E-state index in [-0.39, 0.29) is 11.6 Å². The number of thioether (sulfide) groups is 1. The van der Waals surface area contributed by atoms with Crippen LogP contribution < -0.4 is 10.6 Å². The van der Waals surface area contributed by atoms with Crippen LogP contribution in [0, 0.1) is 5.92 Å². The van der Waals surface area contributed by atoms with Crippen LogP contribution in [0.25, 0.3) is 0 Å². The first-order valence-electron chi connectivity index (χ1n) is 5.70. The van der Waals surface area contributed by atoms with Gasteiger partial charge < -0.3 is 10.6 Å². The van der Waals surface area contributed by atoms with Crippen LogP contribution >= 0.6 is 23.4 Å². The molecule has 0 aliphatic heterocycles. The molecule has 0 radical (unpaired) electrons. The highest BCUT2D eigenvalue weighted by Crippen LogP contribution is 2.16. The molecule has 4 nitrogen and oxygen atoms in total. The van der Waals surface area contributed by atoms with Gasteiger partial charge in [-0.05, 0) is 30.1 Å². The van der Waals surface area contributed by atoms with Crippen molar-refractivity contribution in [2.75, 3.05) is 30.9 Å². The molecule has 1 unspecified atom stereocenters. The van der Waals surface area contributed by atoms with E-state index in [2.05, 4.69) is 22.5 Å². The molecule has 1 amide bonds. The van der Waals surface area contributed by atoms with Crippen molar-refractivity contribution in [2.45, 2.75) is 6.92 Å². The van der Waals surface area contributed by atoms with Crippen LogP contribution in [0.5, 0.6) is 0 Å². The monoisotopic (exact) mass is 287 g/mol. The Morgan fingerprint density at radius 1 is 1.56 bits per heavy atom. The highest BCUT2D eigenvalue weighted by Gasteiger charge is 2.13. The molecule has 0 aliphatic carbocycles. The molecule has 0 fully saturated rings. The Morgan fingerprint density at radius 2 is 2.28 bits per heavy atom. The second-order valence-corrected chi connectivity index (χ2v) is 5.37. The summed E-state index contributed by atoms with van der Waals surface area (Å²) in [6.45, 7) is 2.72. The van der Waals surface area contributed by atoms with Gasteiger partial charge in [-0.25, -0.2) is 4.98 Å². The normalized spacial score (nSPS) is 12.0. The predicted molar refractivity (Wildman–Crippen MR) is 78.7 cm³/mol. The van der Waals surface area contributed by atoms with E-state index in [1.807, 2.05) is 6.26 Å². The molecule has 0 bridgehead atoms. The third-order valence-electron chi connectivity index (χ3n) is 2.38. The number of amides is 1. The first-order chi connectivity index (χ1) is 8.58. The number of halogens is 1. The maximum absolute atomic E-state index is 11.9. The number of hydrogen-bond acceptors (Lipinski definition) is 4. The zero-order valence-corrected chi connectivity index (χ0v) is 12.4. The average Bonchev–Trinajstić information content (AvgIpc) is 2.37. The van der Waals surface area contributed by atoms with Crippen LogP contribution in [0.1, 0.15) is 17.4 Å². The molecule has 18 heavy (non-hydrogen) atoms. The van der Waals surface area contributed by atoms with Gasteiger partial charge in [0.05, 0.1) is 5.02 Å². The van der Waals surface area contributed by atoms with Gasteiger partial charge in [-0.3, -0.25) is 4.79 Å². The number of rotatable bonds is 6. The first-order valence-corrected chi connectivity index (χ1v) is 7.47. The quantitative estimate of drug-likeness (QED) is 0.844. The summed E-state index contributed by atoms with van der Waals surface area (Å²) < 4.78 is 0. The van der Waals surface area contributed by atoms with Gasteiger partial charge in [0.2, 0.25) is 0 Å². The molecule has 1 atom stereocenters. The van der Waals surface area contributed by atoms with Crippen LogP contribution in [-0.2, 0) is 0 Å². The van der Waals surface area contributed by atoms with Crippen LogP contribution in [-0.4, -0.2) is 36.5 Å². The standard InChI is InChI=1S/C12H18ClN3OS/c1-8(7-18-3)6-15-12(17)11-9(13)4-5-10(14-2)16-11/h4-5,8H,6-7H2,1-3H3,(H,14,16)(H,15,17). The van der Waals surface area contributed by atoms with E-state index in [4.69, 9.17) is 11.6 Å². The van der Waals surface area contributed by atoms with E-state index >= 15 is 0 Å². The molecule has 2 N–H and O–H groups in total. The van der Waals surface area contributed by atoms with Gasteiger partial charge in [-0.2, -0.15) is 11.8 Å². The molecule has 0 aromatic carbocycles. The topological polar surface area (TPSA) is 54.0 Å². The molecule has 0 saturated carbocycles. The Balaban J connectivity index is 2.66. The van der Waals surface area contributed by atoms with Gasteiger partial charge >= 0.3 is 0 Å². The molecule has 1 rings (SSSR count). The van der Waals surface area contributed by atoms with Gasteiger partial charge in [0.1, 0.15) is 11.5 Å². The molecule has 0 spiro atoms. The minimum Gasteiger partial charge on any atom is -0.373 e. The fourth-order valence-corrected chi connectivity index (χ4v) is 2.31. The number of nitrogens with one attached hydrogen (secondary N) is 2. The summed E-state index contributed by atoms with van der Waals surface area (Å²) >= 11 is 7.73. The summed E-state index contributed by atoms with van der Waals surface area (Å²) in [6, 6.07) is 3.40. The highest BCUT2D eigenvalue weighted by atomic mass is 35.5. The maximum Gasteiger partial charge on any atom is 0.271 e. The zero-order valence-electron chi connectivity index (χ0n) is 10.8. The Bertz CT molecular complexity index is 414. The van der Waals surface area contributed by atoms with E-state index in [1.54, 1.807) is 30.9 Å². The van der Waals surface area contributed by atoms with Crippen LogP contribution in [0.2, 0.25) is 5.02 Å². The Labute approximate surface area is 117 Å². The molecule has 6 heteroatoms. The van der Waals surface area contributed by atoms with Crippen molar-refractivity contribution >= 4 is 35.1 Å². The maximum atomic E-state index is 11.9. The van der Waals surface area contributed by atoms with E-state index in [9.17, 15) is 4.79 Å². The van der Waals surface area contributed by atoms with Gasteiger partial charge in [0.25, 0.3) is 5.91 Å². The predicted octanol–water partition coefficient (Wildman–Crippen LogP) is 2.51. The average molecular weight is 288 g/mol. The number of hydrogen-bond donors (Lipinski definition) is 2. The number of anilines is 1. The fourth-order valence-electron chi connectivity index (χ4n) is 1.43. The number of aromatic nitrogens is 1. The molecule has 100 valence electrons. The lowest BCUT2D eigenvalue weighted by atomic mass is 10.2. The molecule has 0 saturated heterocycles. The minimum atomic E-state index is -0.231. The Hall–Kier alpha value is -0.940. The van der Waals surface area contributed by atoms with Gasteiger partial charge in [0.15, 0.2) is 0 Å². The smallest absolute Gasteiger partial charge is 0.271 e. The van der Waals surface area contributed by atoms with E-state index in [1.165, 1.54) is 0 Å². The number of nitrogens with zero attached hydrogens (tertiary/aromatic N) is 1. The van der Waals surface area contributed by atoms with Gasteiger partial charge in [-0.15, -0.1) is 0 Å². The van der Waals surface area contributed by atoms with E-state index in [0.29, 0.717) is 23.3 Å². The second kappa shape index (κ2) is 7.48. The molecule has 0 aliphatic rings. The van der Waals surface area contributed by atoms with Crippen molar-refractivity contribution in [3.8, 4) is 0 Å². The van der Waals surface area contributed by atoms with Gasteiger partial charge in [0, 0.05) is 13.6 Å². The zero-order chi connectivity index (χ0) is 13.5. The second-order valence-electron chi connectivity index (χ2n) is 4.05.